The molecule has 2 heterocycles. The van der Waals surface area contributed by atoms with Crippen LogP contribution in [0.3, 0.4) is 0 Å². The molecular weight excluding hydrogens is 270 g/mol. The van der Waals surface area contributed by atoms with Crippen LogP contribution in [0.1, 0.15) is 21.1 Å². The van der Waals surface area contributed by atoms with E-state index in [1.54, 1.807) is 11.3 Å². The maximum atomic E-state index is 12.1. The fraction of sp³-hybridized carbons (Fsp3) is 0.200. The second kappa shape index (κ2) is 5.46. The summed E-state index contributed by atoms with van der Waals surface area (Å²) in [7, 11) is 0. The van der Waals surface area contributed by atoms with Gasteiger partial charge in [-0.25, -0.2) is 4.98 Å². The Hall–Kier alpha value is -2.14. The molecule has 3 rings (SSSR count). The van der Waals surface area contributed by atoms with Gasteiger partial charge in [-0.05, 0) is 31.2 Å². The SMILES string of the molecule is Cc1csc(CCNC(=O)c2ccc3[nH]ccc3c2)n1. The number of fused-ring (bicyclic) bond motifs is 1. The van der Waals surface area contributed by atoms with Crippen LogP contribution in [0.5, 0.6) is 0 Å². The number of rotatable bonds is 4. The number of nitrogens with zero attached hydrogens (tertiary/aromatic N) is 1. The Bertz CT molecular complexity index is 744. The minimum absolute atomic E-state index is 0.0404. The fourth-order valence-corrected chi connectivity index (χ4v) is 2.87. The number of amides is 1. The Balaban J connectivity index is 1.61. The van der Waals surface area contributed by atoms with Gasteiger partial charge in [-0.2, -0.15) is 0 Å². The molecular formula is C15H15N3OS. The van der Waals surface area contributed by atoms with E-state index in [9.17, 15) is 4.79 Å². The Morgan fingerprint density at radius 2 is 2.30 bits per heavy atom. The van der Waals surface area contributed by atoms with Gasteiger partial charge in [0.1, 0.15) is 0 Å². The van der Waals surface area contributed by atoms with Crippen molar-refractivity contribution in [1.82, 2.24) is 15.3 Å². The molecule has 5 heteroatoms. The molecule has 2 aromatic heterocycles. The van der Waals surface area contributed by atoms with E-state index in [0.717, 1.165) is 28.0 Å². The lowest BCUT2D eigenvalue weighted by Gasteiger charge is -2.04. The van der Waals surface area contributed by atoms with Crippen molar-refractivity contribution in [2.45, 2.75) is 13.3 Å². The predicted molar refractivity (Wildman–Crippen MR) is 81.2 cm³/mol. The van der Waals surface area contributed by atoms with E-state index >= 15 is 0 Å². The van der Waals surface area contributed by atoms with Crippen molar-refractivity contribution in [3.05, 3.63) is 52.1 Å². The molecule has 20 heavy (non-hydrogen) atoms. The summed E-state index contributed by atoms with van der Waals surface area (Å²) in [6.07, 6.45) is 2.65. The van der Waals surface area contributed by atoms with Crippen molar-refractivity contribution in [3.8, 4) is 0 Å². The van der Waals surface area contributed by atoms with Crippen molar-refractivity contribution in [3.63, 3.8) is 0 Å². The number of hydrogen-bond acceptors (Lipinski definition) is 3. The van der Waals surface area contributed by atoms with Gasteiger partial charge in [0.2, 0.25) is 0 Å². The highest BCUT2D eigenvalue weighted by atomic mass is 32.1. The summed E-state index contributed by atoms with van der Waals surface area (Å²) in [4.78, 5) is 19.6. The zero-order chi connectivity index (χ0) is 13.9. The third-order valence-corrected chi connectivity index (χ3v) is 4.13. The maximum absolute atomic E-state index is 12.1. The Morgan fingerprint density at radius 1 is 1.40 bits per heavy atom. The van der Waals surface area contributed by atoms with E-state index in [4.69, 9.17) is 0 Å². The molecule has 0 bridgehead atoms. The summed E-state index contributed by atoms with van der Waals surface area (Å²) in [5.74, 6) is -0.0404. The van der Waals surface area contributed by atoms with Gasteiger partial charge in [-0.1, -0.05) is 0 Å². The van der Waals surface area contributed by atoms with Crippen LogP contribution in [0.4, 0.5) is 0 Å². The average Bonchev–Trinajstić information content (AvgIpc) is 3.06. The number of aryl methyl sites for hydroxylation is 1. The zero-order valence-electron chi connectivity index (χ0n) is 11.1. The van der Waals surface area contributed by atoms with Crippen molar-refractivity contribution in [2.24, 2.45) is 0 Å². The van der Waals surface area contributed by atoms with Crippen LogP contribution in [-0.2, 0) is 6.42 Å². The van der Waals surface area contributed by atoms with Gasteiger partial charge in [0, 0.05) is 46.7 Å². The van der Waals surface area contributed by atoms with E-state index < -0.39 is 0 Å². The second-order valence-corrected chi connectivity index (χ2v) is 5.61. The van der Waals surface area contributed by atoms with E-state index in [2.05, 4.69) is 15.3 Å². The molecule has 0 fully saturated rings. The number of nitrogens with one attached hydrogen (secondary N) is 2. The van der Waals surface area contributed by atoms with Gasteiger partial charge in [0.05, 0.1) is 5.01 Å². The summed E-state index contributed by atoms with van der Waals surface area (Å²) in [6.45, 7) is 2.58. The molecule has 1 aromatic carbocycles. The summed E-state index contributed by atoms with van der Waals surface area (Å²) >= 11 is 1.63. The Labute approximate surface area is 120 Å². The number of benzene rings is 1. The van der Waals surface area contributed by atoms with Gasteiger partial charge in [0.25, 0.3) is 5.91 Å². The minimum atomic E-state index is -0.0404. The second-order valence-electron chi connectivity index (χ2n) is 4.67. The molecule has 0 saturated carbocycles. The van der Waals surface area contributed by atoms with Gasteiger partial charge >= 0.3 is 0 Å². The summed E-state index contributed by atoms with van der Waals surface area (Å²) in [6, 6.07) is 7.62. The van der Waals surface area contributed by atoms with Crippen molar-refractivity contribution in [1.29, 1.82) is 0 Å². The van der Waals surface area contributed by atoms with Gasteiger partial charge in [-0.3, -0.25) is 4.79 Å². The lowest BCUT2D eigenvalue weighted by molar-refractivity contribution is 0.0954. The van der Waals surface area contributed by atoms with Crippen molar-refractivity contribution < 1.29 is 4.79 Å². The van der Waals surface area contributed by atoms with E-state index in [-0.39, 0.29) is 5.91 Å². The molecule has 0 saturated heterocycles. The number of thiazole rings is 1. The lowest BCUT2D eigenvalue weighted by Crippen LogP contribution is -2.25. The van der Waals surface area contributed by atoms with Crippen LogP contribution in [-0.4, -0.2) is 22.4 Å². The van der Waals surface area contributed by atoms with Gasteiger partial charge in [0.15, 0.2) is 0 Å². The zero-order valence-corrected chi connectivity index (χ0v) is 12.0. The predicted octanol–water partition coefficient (Wildman–Crippen LogP) is 2.91. The van der Waals surface area contributed by atoms with Gasteiger partial charge < -0.3 is 10.3 Å². The summed E-state index contributed by atoms with van der Waals surface area (Å²) in [5.41, 5.74) is 2.77. The van der Waals surface area contributed by atoms with E-state index in [1.807, 2.05) is 42.8 Å². The third kappa shape index (κ3) is 2.72. The summed E-state index contributed by atoms with van der Waals surface area (Å²) < 4.78 is 0. The molecule has 0 atom stereocenters. The largest absolute Gasteiger partial charge is 0.361 e. The molecule has 4 nitrogen and oxygen atoms in total. The van der Waals surface area contributed by atoms with Crippen LogP contribution in [0, 0.1) is 6.92 Å². The average molecular weight is 285 g/mol. The molecule has 0 spiro atoms. The lowest BCUT2D eigenvalue weighted by atomic mass is 10.1. The molecule has 2 N–H and O–H groups in total. The molecule has 0 radical (unpaired) electrons. The van der Waals surface area contributed by atoms with Crippen LogP contribution in [0.2, 0.25) is 0 Å². The number of carbonyl (C=O) groups excluding carboxylic acids is 1. The standard InChI is InChI=1S/C15H15N3OS/c1-10-9-20-14(18-10)5-7-17-15(19)12-2-3-13-11(8-12)4-6-16-13/h2-4,6,8-9,16H,5,7H2,1H3,(H,17,19). The Kier molecular flexibility index (Phi) is 3.52. The van der Waals surface area contributed by atoms with Crippen LogP contribution in [0.25, 0.3) is 10.9 Å². The molecule has 0 aliphatic carbocycles. The number of hydrogen-bond donors (Lipinski definition) is 2. The van der Waals surface area contributed by atoms with Crippen LogP contribution in [0.15, 0.2) is 35.8 Å². The quantitative estimate of drug-likeness (QED) is 0.774. The highest BCUT2D eigenvalue weighted by Gasteiger charge is 2.07. The Morgan fingerprint density at radius 3 is 3.10 bits per heavy atom. The topological polar surface area (TPSA) is 57.8 Å². The maximum Gasteiger partial charge on any atom is 0.251 e. The van der Waals surface area contributed by atoms with Crippen molar-refractivity contribution in [2.75, 3.05) is 6.54 Å². The highest BCUT2D eigenvalue weighted by Crippen LogP contribution is 2.14. The molecule has 0 aliphatic heterocycles. The molecule has 0 unspecified atom stereocenters. The smallest absolute Gasteiger partial charge is 0.251 e. The van der Waals surface area contributed by atoms with E-state index in [1.165, 1.54) is 0 Å². The fourth-order valence-electron chi connectivity index (χ4n) is 2.10. The first-order valence-corrected chi connectivity index (χ1v) is 7.37. The molecule has 102 valence electrons. The normalized spacial score (nSPS) is 10.8. The minimum Gasteiger partial charge on any atom is -0.361 e. The molecule has 0 aliphatic rings. The molecule has 3 aromatic rings. The van der Waals surface area contributed by atoms with Crippen LogP contribution >= 0.6 is 11.3 Å². The number of aromatic nitrogens is 2. The first kappa shape index (κ1) is 12.9. The highest BCUT2D eigenvalue weighted by molar-refractivity contribution is 7.09. The van der Waals surface area contributed by atoms with Gasteiger partial charge in [-0.15, -0.1) is 11.3 Å². The number of H-pyrrole nitrogens is 1. The van der Waals surface area contributed by atoms with Crippen molar-refractivity contribution >= 4 is 28.1 Å². The van der Waals surface area contributed by atoms with E-state index in [0.29, 0.717) is 12.1 Å². The number of aromatic amines is 1. The number of carbonyl (C=O) groups is 1. The first-order chi connectivity index (χ1) is 9.72. The van der Waals surface area contributed by atoms with Crippen LogP contribution < -0.4 is 5.32 Å². The first-order valence-electron chi connectivity index (χ1n) is 6.49. The third-order valence-electron chi connectivity index (χ3n) is 3.11. The summed E-state index contributed by atoms with van der Waals surface area (Å²) in [5, 5.41) is 7.06. The molecule has 1 amide bonds. The monoisotopic (exact) mass is 285 g/mol.